The molecule has 0 N–H and O–H groups in total. The number of thiophene rings is 1. The minimum Gasteiger partial charge on any atom is -0.135 e. The number of benzene rings is 9. The number of fused-ring (bicyclic) bond motifs is 9. The molecule has 0 spiro atoms. The van der Waals surface area contributed by atoms with E-state index >= 15 is 0 Å². The van der Waals surface area contributed by atoms with E-state index in [0.29, 0.717) is 0 Å². The van der Waals surface area contributed by atoms with Gasteiger partial charge in [-0.3, -0.25) is 0 Å². The topological polar surface area (TPSA) is 0 Å². The second-order valence-electron chi connectivity index (χ2n) is 12.5. The third kappa shape index (κ3) is 4.21. The minimum atomic E-state index is 1.23. The Bertz CT molecular complexity index is 2830. The normalized spacial score (nSPS) is 11.8. The van der Waals surface area contributed by atoms with Crippen molar-refractivity contribution in [1.82, 2.24) is 0 Å². The zero-order valence-corrected chi connectivity index (χ0v) is 26.4. The molecule has 10 aromatic rings. The minimum absolute atomic E-state index is 1.23. The first kappa shape index (κ1) is 26.5. The van der Waals surface area contributed by atoms with Gasteiger partial charge in [0, 0.05) is 20.2 Å². The lowest BCUT2D eigenvalue weighted by atomic mass is 9.87. The maximum absolute atomic E-state index is 2.43. The highest BCUT2D eigenvalue weighted by Gasteiger charge is 2.15. The van der Waals surface area contributed by atoms with Crippen LogP contribution >= 0.6 is 11.3 Å². The molecule has 0 saturated heterocycles. The van der Waals surface area contributed by atoms with Crippen LogP contribution in [0.1, 0.15) is 0 Å². The maximum Gasteiger partial charge on any atom is 0.0355 e. The molecule has 0 aliphatic carbocycles. The van der Waals surface area contributed by atoms with E-state index in [4.69, 9.17) is 0 Å². The molecule has 0 aliphatic rings. The zero-order valence-electron chi connectivity index (χ0n) is 25.6. The van der Waals surface area contributed by atoms with E-state index in [0.717, 1.165) is 0 Å². The molecule has 0 unspecified atom stereocenters. The van der Waals surface area contributed by atoms with E-state index in [1.54, 1.807) is 0 Å². The van der Waals surface area contributed by atoms with Crippen molar-refractivity contribution in [2.24, 2.45) is 0 Å². The summed E-state index contributed by atoms with van der Waals surface area (Å²) in [6, 6.07) is 62.9. The maximum atomic E-state index is 2.43. The predicted octanol–water partition coefficient (Wildman–Crippen LogP) is 13.7. The van der Waals surface area contributed by atoms with Crippen LogP contribution in [0.25, 0.3) is 96.6 Å². The van der Waals surface area contributed by atoms with E-state index in [2.05, 4.69) is 170 Å². The van der Waals surface area contributed by atoms with Gasteiger partial charge in [0.15, 0.2) is 0 Å². The van der Waals surface area contributed by atoms with E-state index < -0.39 is 0 Å². The third-order valence-corrected chi connectivity index (χ3v) is 11.0. The van der Waals surface area contributed by atoms with Crippen molar-refractivity contribution < 1.29 is 0 Å². The number of hydrogen-bond donors (Lipinski definition) is 0. The fourth-order valence-electron chi connectivity index (χ4n) is 7.53. The Kier molecular flexibility index (Phi) is 5.85. The molecular weight excluding hydrogens is 585 g/mol. The molecule has 0 bridgehead atoms. The molecule has 10 rings (SSSR count). The molecule has 1 heterocycles. The van der Waals surface area contributed by atoms with Gasteiger partial charge in [0.25, 0.3) is 0 Å². The average molecular weight is 613 g/mol. The van der Waals surface area contributed by atoms with Gasteiger partial charge in [0.2, 0.25) is 0 Å². The van der Waals surface area contributed by atoms with Gasteiger partial charge in [-0.15, -0.1) is 11.3 Å². The molecule has 0 amide bonds. The van der Waals surface area contributed by atoms with Crippen molar-refractivity contribution in [3.63, 3.8) is 0 Å². The Morgan fingerprint density at radius 1 is 0.255 bits per heavy atom. The monoisotopic (exact) mass is 612 g/mol. The Balaban J connectivity index is 1.17. The van der Waals surface area contributed by atoms with Crippen LogP contribution in [0, 0.1) is 0 Å². The van der Waals surface area contributed by atoms with Crippen LogP contribution in [-0.2, 0) is 0 Å². The van der Waals surface area contributed by atoms with Gasteiger partial charge in [-0.2, -0.15) is 0 Å². The van der Waals surface area contributed by atoms with Gasteiger partial charge >= 0.3 is 0 Å². The molecule has 1 heteroatoms. The van der Waals surface area contributed by atoms with Gasteiger partial charge in [-0.25, -0.2) is 0 Å². The van der Waals surface area contributed by atoms with Crippen LogP contribution in [0.4, 0.5) is 0 Å². The fraction of sp³-hybridized carbons (Fsp3) is 0. The number of hydrogen-bond acceptors (Lipinski definition) is 1. The van der Waals surface area contributed by atoms with Crippen LogP contribution in [0.5, 0.6) is 0 Å². The highest BCUT2D eigenvalue weighted by atomic mass is 32.1. The van der Waals surface area contributed by atoms with Crippen molar-refractivity contribution in [3.05, 3.63) is 170 Å². The lowest BCUT2D eigenvalue weighted by Gasteiger charge is -2.16. The van der Waals surface area contributed by atoms with Crippen molar-refractivity contribution in [3.8, 4) is 33.4 Å². The fourth-order valence-corrected chi connectivity index (χ4v) is 8.62. The summed E-state index contributed by atoms with van der Waals surface area (Å²) < 4.78 is 2.67. The van der Waals surface area contributed by atoms with Crippen LogP contribution in [0.2, 0.25) is 0 Å². The molecule has 0 aliphatic heterocycles. The standard InChI is InChI=1S/C46H28S/c1-2-10-32-25-33(22-19-29(32)9-1)30-17-20-31(21-18-30)40-27-42-38-14-6-4-12-36(38)41(28-43(42)37-13-5-3-11-35(37)40)34-23-24-46-44(26-34)39-15-7-8-16-45(39)47-46/h1-28H. The van der Waals surface area contributed by atoms with Crippen molar-refractivity contribution in [2.75, 3.05) is 0 Å². The van der Waals surface area contributed by atoms with Gasteiger partial charge in [0.05, 0.1) is 0 Å². The van der Waals surface area contributed by atoms with Crippen LogP contribution in [0.3, 0.4) is 0 Å². The molecule has 0 fully saturated rings. The summed E-state index contributed by atoms with van der Waals surface area (Å²) in [5, 5.41) is 12.9. The van der Waals surface area contributed by atoms with Crippen LogP contribution in [0.15, 0.2) is 170 Å². The lowest BCUT2D eigenvalue weighted by molar-refractivity contribution is 1.63. The SMILES string of the molecule is c1ccc2cc(-c3ccc(-c4cc5c6ccccc6c(-c6ccc7sc8ccccc8c7c6)cc5c5ccccc45)cc3)ccc2c1. The summed E-state index contributed by atoms with van der Waals surface area (Å²) in [7, 11) is 0. The van der Waals surface area contributed by atoms with Crippen LogP contribution in [-0.4, -0.2) is 0 Å². The van der Waals surface area contributed by atoms with Gasteiger partial charge in [-0.05, 0) is 113 Å². The third-order valence-electron chi connectivity index (χ3n) is 9.85. The van der Waals surface area contributed by atoms with Crippen LogP contribution < -0.4 is 0 Å². The Morgan fingerprint density at radius 2 is 0.766 bits per heavy atom. The Morgan fingerprint density at radius 3 is 1.49 bits per heavy atom. The summed E-state index contributed by atoms with van der Waals surface area (Å²) in [6.45, 7) is 0. The molecule has 9 aromatic carbocycles. The molecule has 47 heavy (non-hydrogen) atoms. The van der Waals surface area contributed by atoms with Crippen molar-refractivity contribution >= 4 is 74.6 Å². The van der Waals surface area contributed by atoms with E-state index in [-0.39, 0.29) is 0 Å². The summed E-state index contributed by atoms with van der Waals surface area (Å²) >= 11 is 1.87. The predicted molar refractivity (Wildman–Crippen MR) is 206 cm³/mol. The van der Waals surface area contributed by atoms with Gasteiger partial charge in [0.1, 0.15) is 0 Å². The highest BCUT2D eigenvalue weighted by Crippen LogP contribution is 2.43. The second kappa shape index (κ2) is 10.4. The Hall–Kier alpha value is -5.76. The van der Waals surface area contributed by atoms with Gasteiger partial charge in [-0.1, -0.05) is 133 Å². The summed E-state index contributed by atoms with van der Waals surface area (Å²) in [5.74, 6) is 0. The molecule has 0 atom stereocenters. The first-order valence-electron chi connectivity index (χ1n) is 16.2. The lowest BCUT2D eigenvalue weighted by Crippen LogP contribution is -1.89. The first-order chi connectivity index (χ1) is 23.3. The molecular formula is C46H28S. The molecule has 218 valence electrons. The quantitative estimate of drug-likeness (QED) is 0.174. The van der Waals surface area contributed by atoms with E-state index in [1.165, 1.54) is 96.6 Å². The van der Waals surface area contributed by atoms with E-state index in [1.807, 2.05) is 11.3 Å². The summed E-state index contributed by atoms with van der Waals surface area (Å²) in [5.41, 5.74) is 7.51. The van der Waals surface area contributed by atoms with Crippen molar-refractivity contribution in [2.45, 2.75) is 0 Å². The summed E-state index contributed by atoms with van der Waals surface area (Å²) in [4.78, 5) is 0. The van der Waals surface area contributed by atoms with Gasteiger partial charge < -0.3 is 0 Å². The Labute approximate surface area is 276 Å². The molecule has 0 nitrogen and oxygen atoms in total. The molecule has 0 saturated carbocycles. The van der Waals surface area contributed by atoms with Crippen molar-refractivity contribution in [1.29, 1.82) is 0 Å². The number of rotatable bonds is 3. The zero-order chi connectivity index (χ0) is 30.9. The molecule has 1 aromatic heterocycles. The average Bonchev–Trinajstić information content (AvgIpc) is 3.52. The highest BCUT2D eigenvalue weighted by molar-refractivity contribution is 7.25. The van der Waals surface area contributed by atoms with E-state index in [9.17, 15) is 0 Å². The smallest absolute Gasteiger partial charge is 0.0355 e. The first-order valence-corrected chi connectivity index (χ1v) is 17.0. The molecule has 0 radical (unpaired) electrons. The summed E-state index contributed by atoms with van der Waals surface area (Å²) in [6.07, 6.45) is 0. The largest absolute Gasteiger partial charge is 0.135 e. The second-order valence-corrected chi connectivity index (χ2v) is 13.6.